The molecule has 0 fully saturated rings. The number of nitrogens with one attached hydrogen (secondary N) is 1. The Hall–Kier alpha value is -1.92. The number of alkyl halides is 3. The number of anilines is 1. The summed E-state index contributed by atoms with van der Waals surface area (Å²) in [4.78, 5) is 12.4. The molecule has 0 aliphatic heterocycles. The molecule has 0 atom stereocenters. The van der Waals surface area contributed by atoms with Gasteiger partial charge in [0.05, 0.1) is 27.9 Å². The van der Waals surface area contributed by atoms with E-state index in [1.807, 2.05) is 0 Å². The van der Waals surface area contributed by atoms with Crippen LogP contribution in [0.25, 0.3) is 0 Å². The fraction of sp³-hybridized carbons (Fsp3) is 0.381. The third kappa shape index (κ3) is 6.82. The highest BCUT2D eigenvalue weighted by Gasteiger charge is 2.33. The number of carbonyl (C=O) groups excluding carboxylic acids is 1. The number of unbranched alkanes of at least 4 members (excludes halogenated alkanes) is 4. The summed E-state index contributed by atoms with van der Waals surface area (Å²) in [6.45, 7) is 2.57. The highest BCUT2D eigenvalue weighted by atomic mass is 35.5. The van der Waals surface area contributed by atoms with Gasteiger partial charge in [-0.05, 0) is 30.7 Å². The summed E-state index contributed by atoms with van der Waals surface area (Å²) >= 11 is 12.4. The molecule has 0 radical (unpaired) electrons. The van der Waals surface area contributed by atoms with Crippen LogP contribution in [0, 0.1) is 0 Å². The second-order valence-corrected chi connectivity index (χ2v) is 7.34. The Morgan fingerprint density at radius 1 is 1.03 bits per heavy atom. The topological polar surface area (TPSA) is 38.3 Å². The first-order chi connectivity index (χ1) is 13.7. The number of halogens is 5. The third-order valence-corrected chi connectivity index (χ3v) is 4.80. The van der Waals surface area contributed by atoms with Crippen LogP contribution in [0.5, 0.6) is 5.75 Å². The molecule has 0 aliphatic carbocycles. The predicted molar refractivity (Wildman–Crippen MR) is 110 cm³/mol. The minimum atomic E-state index is -4.59. The summed E-state index contributed by atoms with van der Waals surface area (Å²) in [6.07, 6.45) is 0.734. The van der Waals surface area contributed by atoms with Gasteiger partial charge in [0.25, 0.3) is 5.91 Å². The number of carbonyl (C=O) groups is 1. The van der Waals surface area contributed by atoms with E-state index in [4.69, 9.17) is 27.9 Å². The molecule has 0 spiro atoms. The lowest BCUT2D eigenvalue weighted by molar-refractivity contribution is -0.136. The number of para-hydroxylation sites is 1. The standard InChI is InChI=1S/C21H22Cl2F3NO2/c1-2-3-4-5-8-11-29-19-16(22)12-14(13-17(19)23)20(28)27-18-10-7-6-9-15(18)21(24,25)26/h6-7,9-10,12-13H,2-5,8,11H2,1H3,(H,27,28). The van der Waals surface area contributed by atoms with Crippen LogP contribution in [0.15, 0.2) is 36.4 Å². The lowest BCUT2D eigenvalue weighted by Crippen LogP contribution is -2.16. The zero-order valence-corrected chi connectivity index (χ0v) is 17.4. The van der Waals surface area contributed by atoms with Crippen molar-refractivity contribution in [2.24, 2.45) is 0 Å². The van der Waals surface area contributed by atoms with Crippen LogP contribution in [-0.4, -0.2) is 12.5 Å². The number of benzene rings is 2. The number of hydrogen-bond acceptors (Lipinski definition) is 2. The lowest BCUT2D eigenvalue weighted by atomic mass is 10.1. The summed E-state index contributed by atoms with van der Waals surface area (Å²) in [5.41, 5.74) is -1.24. The molecule has 0 heterocycles. The first-order valence-electron chi connectivity index (χ1n) is 9.33. The summed E-state index contributed by atoms with van der Waals surface area (Å²) < 4.78 is 44.9. The first kappa shape index (κ1) is 23.4. The summed E-state index contributed by atoms with van der Waals surface area (Å²) in [5.74, 6) is -0.493. The maximum Gasteiger partial charge on any atom is 0.418 e. The minimum absolute atomic E-state index is 0.0345. The van der Waals surface area contributed by atoms with E-state index in [2.05, 4.69) is 12.2 Å². The van der Waals surface area contributed by atoms with Crippen molar-refractivity contribution in [2.45, 2.75) is 45.2 Å². The van der Waals surface area contributed by atoms with Crippen molar-refractivity contribution < 1.29 is 22.7 Å². The maximum atomic E-state index is 13.1. The molecule has 158 valence electrons. The monoisotopic (exact) mass is 447 g/mol. The van der Waals surface area contributed by atoms with Crippen LogP contribution >= 0.6 is 23.2 Å². The first-order valence-corrected chi connectivity index (χ1v) is 10.1. The van der Waals surface area contributed by atoms with E-state index >= 15 is 0 Å². The Morgan fingerprint density at radius 2 is 1.66 bits per heavy atom. The van der Waals surface area contributed by atoms with Crippen LogP contribution in [0.4, 0.5) is 18.9 Å². The average Bonchev–Trinajstić information content (AvgIpc) is 2.65. The molecule has 2 rings (SSSR count). The molecule has 0 saturated heterocycles. The van der Waals surface area contributed by atoms with Gasteiger partial charge < -0.3 is 10.1 Å². The van der Waals surface area contributed by atoms with Crippen molar-refractivity contribution in [2.75, 3.05) is 11.9 Å². The van der Waals surface area contributed by atoms with Gasteiger partial charge in [0.2, 0.25) is 0 Å². The quantitative estimate of drug-likeness (QED) is 0.401. The van der Waals surface area contributed by atoms with Crippen molar-refractivity contribution in [1.29, 1.82) is 0 Å². The number of rotatable bonds is 9. The number of ether oxygens (including phenoxy) is 1. The van der Waals surface area contributed by atoms with E-state index in [1.165, 1.54) is 36.8 Å². The summed E-state index contributed by atoms with van der Waals surface area (Å²) in [7, 11) is 0. The average molecular weight is 448 g/mol. The van der Waals surface area contributed by atoms with Gasteiger partial charge in [0.15, 0.2) is 5.75 Å². The van der Waals surface area contributed by atoms with E-state index in [9.17, 15) is 18.0 Å². The van der Waals surface area contributed by atoms with Gasteiger partial charge in [-0.1, -0.05) is 67.9 Å². The highest BCUT2D eigenvalue weighted by Crippen LogP contribution is 2.36. The van der Waals surface area contributed by atoms with Gasteiger partial charge in [-0.25, -0.2) is 0 Å². The normalized spacial score (nSPS) is 11.4. The van der Waals surface area contributed by atoms with Crippen molar-refractivity contribution >= 4 is 34.8 Å². The van der Waals surface area contributed by atoms with Crippen LogP contribution < -0.4 is 10.1 Å². The predicted octanol–water partition coefficient (Wildman–Crippen LogP) is 7.61. The Morgan fingerprint density at radius 3 is 2.28 bits per heavy atom. The fourth-order valence-corrected chi connectivity index (χ4v) is 3.34. The van der Waals surface area contributed by atoms with E-state index in [0.717, 1.165) is 31.7 Å². The van der Waals surface area contributed by atoms with Gasteiger partial charge in [0, 0.05) is 5.56 Å². The van der Waals surface area contributed by atoms with Crippen molar-refractivity contribution in [3.8, 4) is 5.75 Å². The van der Waals surface area contributed by atoms with Crippen LogP contribution in [0.2, 0.25) is 10.0 Å². The molecule has 2 aromatic rings. The van der Waals surface area contributed by atoms with Crippen molar-refractivity contribution in [3.05, 3.63) is 57.6 Å². The van der Waals surface area contributed by atoms with Crippen LogP contribution in [0.1, 0.15) is 54.9 Å². The zero-order valence-electron chi connectivity index (χ0n) is 15.9. The molecular weight excluding hydrogens is 426 g/mol. The SMILES string of the molecule is CCCCCCCOc1c(Cl)cc(C(=O)Nc2ccccc2C(F)(F)F)cc1Cl. The molecule has 0 unspecified atom stereocenters. The number of hydrogen-bond donors (Lipinski definition) is 1. The molecule has 0 bridgehead atoms. The molecule has 2 aromatic carbocycles. The second kappa shape index (κ2) is 10.7. The fourth-order valence-electron chi connectivity index (χ4n) is 2.74. The molecule has 1 N–H and O–H groups in total. The Labute approximate surface area is 178 Å². The molecule has 3 nitrogen and oxygen atoms in total. The highest BCUT2D eigenvalue weighted by molar-refractivity contribution is 6.37. The second-order valence-electron chi connectivity index (χ2n) is 6.53. The molecule has 0 aliphatic rings. The van der Waals surface area contributed by atoms with Gasteiger partial charge in [-0.2, -0.15) is 13.2 Å². The molecule has 0 saturated carbocycles. The van der Waals surface area contributed by atoms with Gasteiger partial charge in [-0.15, -0.1) is 0 Å². The Balaban J connectivity index is 2.07. The zero-order chi connectivity index (χ0) is 21.4. The van der Waals surface area contributed by atoms with E-state index < -0.39 is 17.6 Å². The largest absolute Gasteiger partial charge is 0.490 e. The van der Waals surface area contributed by atoms with E-state index in [0.29, 0.717) is 6.61 Å². The van der Waals surface area contributed by atoms with Crippen LogP contribution in [0.3, 0.4) is 0 Å². The van der Waals surface area contributed by atoms with E-state index in [1.54, 1.807) is 0 Å². The number of amides is 1. The van der Waals surface area contributed by atoms with Gasteiger partial charge >= 0.3 is 6.18 Å². The van der Waals surface area contributed by atoms with E-state index in [-0.39, 0.29) is 27.0 Å². The minimum Gasteiger partial charge on any atom is -0.490 e. The molecule has 29 heavy (non-hydrogen) atoms. The van der Waals surface area contributed by atoms with Crippen molar-refractivity contribution in [1.82, 2.24) is 0 Å². The van der Waals surface area contributed by atoms with Gasteiger partial charge in [-0.3, -0.25) is 4.79 Å². The summed E-state index contributed by atoms with van der Waals surface area (Å²) in [5, 5.41) is 2.51. The van der Waals surface area contributed by atoms with Crippen LogP contribution in [-0.2, 0) is 6.18 Å². The van der Waals surface area contributed by atoms with Gasteiger partial charge in [0.1, 0.15) is 0 Å². The lowest BCUT2D eigenvalue weighted by Gasteiger charge is -2.15. The summed E-state index contributed by atoms with van der Waals surface area (Å²) in [6, 6.07) is 7.38. The van der Waals surface area contributed by atoms with Crippen molar-refractivity contribution in [3.63, 3.8) is 0 Å². The Kier molecular flexibility index (Phi) is 8.65. The smallest absolute Gasteiger partial charge is 0.418 e. The molecule has 8 heteroatoms. The Bertz CT molecular complexity index is 818. The molecular formula is C21H22Cl2F3NO2. The molecule has 1 amide bonds. The molecule has 0 aromatic heterocycles. The maximum absolute atomic E-state index is 13.1. The third-order valence-electron chi connectivity index (χ3n) is 4.24.